The lowest BCUT2D eigenvalue weighted by atomic mass is 9.90. The number of carbonyl (C=O) groups is 2. The van der Waals surface area contributed by atoms with Gasteiger partial charge in [0.05, 0.1) is 31.0 Å². The largest absolute Gasteiger partial charge is 0.497 e. The first-order valence-electron chi connectivity index (χ1n) is 12.5. The lowest BCUT2D eigenvalue weighted by Crippen LogP contribution is -2.46. The number of amides is 2. The number of rotatable bonds is 7. The summed E-state index contributed by atoms with van der Waals surface area (Å²) in [5.41, 5.74) is 4.29. The van der Waals surface area contributed by atoms with Crippen LogP contribution in [-0.2, 0) is 9.59 Å². The van der Waals surface area contributed by atoms with Crippen LogP contribution in [0.2, 0.25) is 0 Å². The fourth-order valence-corrected chi connectivity index (χ4v) is 5.02. The number of ether oxygens (including phenoxy) is 2. The van der Waals surface area contributed by atoms with Crippen molar-refractivity contribution in [3.05, 3.63) is 53.0 Å². The van der Waals surface area contributed by atoms with E-state index in [0.29, 0.717) is 31.2 Å². The monoisotopic (exact) mass is 478 g/mol. The van der Waals surface area contributed by atoms with Crippen molar-refractivity contribution in [1.82, 2.24) is 20.5 Å². The summed E-state index contributed by atoms with van der Waals surface area (Å²) < 4.78 is 11.7. The molecule has 5 rings (SSSR count). The summed E-state index contributed by atoms with van der Waals surface area (Å²) in [6.45, 7) is 5.59. The number of hydrogen-bond donors (Lipinski definition) is 3. The molecule has 2 fully saturated rings. The van der Waals surface area contributed by atoms with Crippen molar-refractivity contribution < 1.29 is 19.1 Å². The summed E-state index contributed by atoms with van der Waals surface area (Å²) in [6.07, 6.45) is 5.84. The Balaban J connectivity index is 1.37. The first-order valence-corrected chi connectivity index (χ1v) is 12.5. The third-order valence-electron chi connectivity index (χ3n) is 7.28. The smallest absolute Gasteiger partial charge is 0.255 e. The van der Waals surface area contributed by atoms with Gasteiger partial charge in [-0.25, -0.2) is 0 Å². The molecule has 0 bridgehead atoms. The summed E-state index contributed by atoms with van der Waals surface area (Å²) in [6, 6.07) is 7.86. The lowest BCUT2D eigenvalue weighted by molar-refractivity contribution is -0.129. The van der Waals surface area contributed by atoms with Gasteiger partial charge in [0.2, 0.25) is 5.91 Å². The number of likely N-dealkylation sites (tertiary alicyclic amines) is 1. The van der Waals surface area contributed by atoms with E-state index in [1.165, 1.54) is 12.8 Å². The van der Waals surface area contributed by atoms with E-state index in [-0.39, 0.29) is 23.9 Å². The number of methoxy groups -OCH3 is 1. The normalized spacial score (nSPS) is 20.2. The van der Waals surface area contributed by atoms with E-state index in [4.69, 9.17) is 9.47 Å². The number of carbonyl (C=O) groups excluding carboxylic acids is 2. The quantitative estimate of drug-likeness (QED) is 0.567. The zero-order valence-electron chi connectivity index (χ0n) is 20.6. The zero-order valence-corrected chi connectivity index (χ0v) is 20.6. The molecule has 8 heteroatoms. The summed E-state index contributed by atoms with van der Waals surface area (Å²) in [5, 5.41) is 6.77. The number of fused-ring (bicyclic) bond motifs is 1. The minimum absolute atomic E-state index is 0.0542. The van der Waals surface area contributed by atoms with Crippen molar-refractivity contribution in [1.29, 1.82) is 0 Å². The molecule has 186 valence electrons. The van der Waals surface area contributed by atoms with Crippen LogP contribution in [0.1, 0.15) is 62.4 Å². The molecule has 1 aromatic heterocycles. The van der Waals surface area contributed by atoms with Gasteiger partial charge in [-0.1, -0.05) is 0 Å². The summed E-state index contributed by atoms with van der Waals surface area (Å²) in [5.74, 6) is 2.19. The molecule has 3 heterocycles. The molecule has 3 N–H and O–H groups in total. The maximum absolute atomic E-state index is 13.4. The van der Waals surface area contributed by atoms with Crippen LogP contribution in [0.25, 0.3) is 5.57 Å². The van der Waals surface area contributed by atoms with Gasteiger partial charge in [-0.3, -0.25) is 9.59 Å². The van der Waals surface area contributed by atoms with E-state index >= 15 is 0 Å². The Morgan fingerprint density at radius 2 is 1.89 bits per heavy atom. The Labute approximate surface area is 206 Å². The fourth-order valence-electron chi connectivity index (χ4n) is 5.02. The van der Waals surface area contributed by atoms with Gasteiger partial charge in [0.15, 0.2) is 0 Å². The van der Waals surface area contributed by atoms with Crippen LogP contribution >= 0.6 is 0 Å². The lowest BCUT2D eigenvalue weighted by Gasteiger charge is -2.33. The number of hydrogen-bond acceptors (Lipinski definition) is 5. The van der Waals surface area contributed by atoms with Crippen LogP contribution < -0.4 is 20.1 Å². The number of aromatic amines is 1. The van der Waals surface area contributed by atoms with E-state index in [0.717, 1.165) is 46.9 Å². The molecule has 35 heavy (non-hydrogen) atoms. The van der Waals surface area contributed by atoms with Crippen LogP contribution in [-0.4, -0.2) is 54.5 Å². The molecule has 1 unspecified atom stereocenters. The van der Waals surface area contributed by atoms with Gasteiger partial charge in [-0.2, -0.15) is 0 Å². The Morgan fingerprint density at radius 3 is 2.57 bits per heavy atom. The number of allylic oxidation sites excluding steroid dienone is 1. The number of nitrogens with one attached hydrogen (secondary N) is 3. The number of aromatic nitrogens is 1. The summed E-state index contributed by atoms with van der Waals surface area (Å²) in [7, 11) is 1.66. The number of H-pyrrole nitrogens is 1. The average molecular weight is 479 g/mol. The van der Waals surface area contributed by atoms with Gasteiger partial charge >= 0.3 is 0 Å². The van der Waals surface area contributed by atoms with Crippen molar-refractivity contribution in [3.8, 4) is 11.5 Å². The topological polar surface area (TPSA) is 95.7 Å². The number of piperidine rings is 1. The van der Waals surface area contributed by atoms with Crippen molar-refractivity contribution in [2.45, 2.75) is 51.6 Å². The Kier molecular flexibility index (Phi) is 6.45. The van der Waals surface area contributed by atoms with E-state index in [1.54, 1.807) is 14.0 Å². The van der Waals surface area contributed by atoms with Gasteiger partial charge in [-0.15, -0.1) is 0 Å². The van der Waals surface area contributed by atoms with Crippen molar-refractivity contribution in [2.75, 3.05) is 26.8 Å². The van der Waals surface area contributed by atoms with Crippen molar-refractivity contribution in [2.24, 2.45) is 5.92 Å². The highest BCUT2D eigenvalue weighted by molar-refractivity contribution is 6.20. The molecular weight excluding hydrogens is 444 g/mol. The number of nitrogens with zero attached hydrogens (tertiary/aromatic N) is 1. The maximum Gasteiger partial charge on any atom is 0.255 e. The van der Waals surface area contributed by atoms with Crippen molar-refractivity contribution >= 4 is 17.4 Å². The van der Waals surface area contributed by atoms with E-state index < -0.39 is 0 Å². The van der Waals surface area contributed by atoms with E-state index in [9.17, 15) is 9.59 Å². The van der Waals surface area contributed by atoms with Crippen LogP contribution in [0.15, 0.2) is 36.2 Å². The van der Waals surface area contributed by atoms with Gasteiger partial charge in [-0.05, 0) is 56.7 Å². The predicted octanol–water partition coefficient (Wildman–Crippen LogP) is 3.36. The molecular formula is C27H34N4O4. The molecule has 0 spiro atoms. The zero-order chi connectivity index (χ0) is 24.5. The Morgan fingerprint density at radius 1 is 1.11 bits per heavy atom. The third-order valence-corrected chi connectivity index (χ3v) is 7.28. The third kappa shape index (κ3) is 4.88. The van der Waals surface area contributed by atoms with Crippen molar-refractivity contribution in [3.63, 3.8) is 0 Å². The molecule has 0 radical (unpaired) electrons. The van der Waals surface area contributed by atoms with Crippen LogP contribution in [0.5, 0.6) is 11.5 Å². The molecule has 1 saturated carbocycles. The fraction of sp³-hybridized carbons (Fsp3) is 0.481. The predicted molar refractivity (Wildman–Crippen MR) is 133 cm³/mol. The molecule has 8 nitrogen and oxygen atoms in total. The van der Waals surface area contributed by atoms with Crippen LogP contribution in [0.4, 0.5) is 0 Å². The second-order valence-corrected chi connectivity index (χ2v) is 9.80. The number of benzene rings is 1. The van der Waals surface area contributed by atoms with Gasteiger partial charge in [0.1, 0.15) is 11.5 Å². The second-order valence-electron chi connectivity index (χ2n) is 9.80. The summed E-state index contributed by atoms with van der Waals surface area (Å²) in [4.78, 5) is 30.1. The first-order chi connectivity index (χ1) is 16.9. The molecule has 2 amide bonds. The van der Waals surface area contributed by atoms with Gasteiger partial charge in [0.25, 0.3) is 5.91 Å². The first kappa shape index (κ1) is 23.3. The Hall–Kier alpha value is -3.42. The Bertz CT molecular complexity index is 1140. The maximum atomic E-state index is 13.4. The highest BCUT2D eigenvalue weighted by atomic mass is 16.5. The molecule has 2 aromatic rings. The minimum Gasteiger partial charge on any atom is -0.497 e. The molecule has 1 aliphatic carbocycles. The van der Waals surface area contributed by atoms with Crippen LogP contribution in [0.3, 0.4) is 0 Å². The minimum atomic E-state index is -0.147. The highest BCUT2D eigenvalue weighted by Crippen LogP contribution is 2.41. The standard InChI is InChI=1S/C27H34N4O4/c1-16-24(27(33)30-19-9-12-31(13-10-19)17(2)32)26-22(8-11-28-26)25(29-16)21-7-6-20(34-3)14-23(21)35-15-18-4-5-18/h6-8,11,14,18-19,25,28-29H,4-5,9-10,12-13,15H2,1-3H3,(H,30,33). The SMILES string of the molecule is COc1ccc(C2NC(C)=C(C(=O)NC3CCN(C(C)=O)CC3)c3[nH]ccc32)c(OCC2CC2)c1. The second kappa shape index (κ2) is 9.68. The molecule has 1 saturated heterocycles. The van der Waals surface area contributed by atoms with E-state index in [1.807, 2.05) is 42.3 Å². The molecule has 3 aliphatic rings. The molecule has 2 aliphatic heterocycles. The molecule has 1 atom stereocenters. The van der Waals surface area contributed by atoms with E-state index in [2.05, 4.69) is 15.6 Å². The van der Waals surface area contributed by atoms with Gasteiger partial charge in [0, 0.05) is 55.1 Å². The van der Waals surface area contributed by atoms with Crippen LogP contribution in [0, 0.1) is 5.92 Å². The van der Waals surface area contributed by atoms with Gasteiger partial charge < -0.3 is 30.0 Å². The molecule has 1 aromatic carbocycles. The average Bonchev–Trinajstić information content (AvgIpc) is 3.56. The highest BCUT2D eigenvalue weighted by Gasteiger charge is 2.33. The summed E-state index contributed by atoms with van der Waals surface area (Å²) >= 11 is 0.